The molecular weight excluding hydrogens is 266 g/mol. The summed E-state index contributed by atoms with van der Waals surface area (Å²) < 4.78 is 5.64. The molecule has 0 aliphatic rings. The molecule has 0 bridgehead atoms. The molecule has 5 nitrogen and oxygen atoms in total. The van der Waals surface area contributed by atoms with E-state index in [0.29, 0.717) is 30.4 Å². The predicted molar refractivity (Wildman–Crippen MR) is 81.7 cm³/mol. The summed E-state index contributed by atoms with van der Waals surface area (Å²) in [5, 5.41) is 2.87. The summed E-state index contributed by atoms with van der Waals surface area (Å²) in [6.45, 7) is 3.13. The summed E-state index contributed by atoms with van der Waals surface area (Å²) in [5.74, 6) is 1.20. The minimum Gasteiger partial charge on any atom is -0.441 e. The number of unbranched alkanes of at least 4 members (excludes halogenated alkanes) is 1. The van der Waals surface area contributed by atoms with E-state index in [-0.39, 0.29) is 12.3 Å². The fraction of sp³-hybridized carbons (Fsp3) is 0.375. The molecule has 1 aromatic heterocycles. The van der Waals surface area contributed by atoms with Gasteiger partial charge in [-0.3, -0.25) is 4.79 Å². The Morgan fingerprint density at radius 1 is 1.29 bits per heavy atom. The second-order valence-corrected chi connectivity index (χ2v) is 4.91. The topological polar surface area (TPSA) is 81.2 Å². The highest BCUT2D eigenvalue weighted by Gasteiger charge is 2.14. The highest BCUT2D eigenvalue weighted by molar-refractivity contribution is 5.78. The lowest BCUT2D eigenvalue weighted by Crippen LogP contribution is -2.26. The molecule has 0 aliphatic carbocycles. The van der Waals surface area contributed by atoms with Crippen LogP contribution in [-0.4, -0.2) is 24.0 Å². The Kier molecular flexibility index (Phi) is 5.51. The Balaban J connectivity index is 1.95. The van der Waals surface area contributed by atoms with E-state index in [0.717, 1.165) is 18.4 Å². The van der Waals surface area contributed by atoms with Gasteiger partial charge in [0.1, 0.15) is 5.76 Å². The van der Waals surface area contributed by atoms with Crippen LogP contribution < -0.4 is 11.1 Å². The lowest BCUT2D eigenvalue weighted by Gasteiger charge is -2.03. The number of aromatic nitrogens is 1. The van der Waals surface area contributed by atoms with Crippen molar-refractivity contribution in [1.29, 1.82) is 0 Å². The van der Waals surface area contributed by atoms with Crippen LogP contribution in [-0.2, 0) is 11.2 Å². The Bertz CT molecular complexity index is 578. The van der Waals surface area contributed by atoms with Gasteiger partial charge < -0.3 is 15.5 Å². The Hall–Kier alpha value is -2.14. The van der Waals surface area contributed by atoms with Gasteiger partial charge in [0.2, 0.25) is 11.8 Å². The third-order valence-corrected chi connectivity index (χ3v) is 3.19. The summed E-state index contributed by atoms with van der Waals surface area (Å²) in [4.78, 5) is 16.3. The van der Waals surface area contributed by atoms with Gasteiger partial charge in [0.25, 0.3) is 0 Å². The second-order valence-electron chi connectivity index (χ2n) is 4.91. The zero-order valence-electron chi connectivity index (χ0n) is 12.3. The number of benzene rings is 1. The van der Waals surface area contributed by atoms with Crippen LogP contribution in [0, 0.1) is 6.92 Å². The molecule has 112 valence electrons. The van der Waals surface area contributed by atoms with Crippen molar-refractivity contribution in [3.8, 4) is 11.5 Å². The van der Waals surface area contributed by atoms with Crippen LogP contribution in [0.2, 0.25) is 0 Å². The Morgan fingerprint density at radius 3 is 2.76 bits per heavy atom. The van der Waals surface area contributed by atoms with E-state index >= 15 is 0 Å². The lowest BCUT2D eigenvalue weighted by molar-refractivity contribution is -0.120. The van der Waals surface area contributed by atoms with Crippen molar-refractivity contribution in [2.45, 2.75) is 26.2 Å². The number of nitrogens with one attached hydrogen (secondary N) is 1. The molecular formula is C16H21N3O2. The number of oxazole rings is 1. The van der Waals surface area contributed by atoms with Gasteiger partial charge in [0.05, 0.1) is 12.1 Å². The van der Waals surface area contributed by atoms with E-state index in [4.69, 9.17) is 10.2 Å². The fourth-order valence-electron chi connectivity index (χ4n) is 2.01. The molecule has 2 aromatic rings. The van der Waals surface area contributed by atoms with Crippen LogP contribution in [0.15, 0.2) is 34.7 Å². The molecule has 3 N–H and O–H groups in total. The molecule has 2 rings (SSSR count). The third-order valence-electron chi connectivity index (χ3n) is 3.19. The first kappa shape index (κ1) is 15.3. The van der Waals surface area contributed by atoms with E-state index in [1.165, 1.54) is 0 Å². The molecule has 0 spiro atoms. The van der Waals surface area contributed by atoms with Crippen molar-refractivity contribution in [2.24, 2.45) is 5.73 Å². The molecule has 0 aliphatic heterocycles. The predicted octanol–water partition coefficient (Wildman–Crippen LogP) is 2.05. The third kappa shape index (κ3) is 4.43. The summed E-state index contributed by atoms with van der Waals surface area (Å²) in [6, 6.07) is 9.66. The summed E-state index contributed by atoms with van der Waals surface area (Å²) in [6.07, 6.45) is 2.06. The molecule has 0 saturated carbocycles. The smallest absolute Gasteiger partial charge is 0.226 e. The van der Waals surface area contributed by atoms with Crippen LogP contribution in [0.25, 0.3) is 11.5 Å². The number of hydrogen-bond acceptors (Lipinski definition) is 4. The van der Waals surface area contributed by atoms with Crippen molar-refractivity contribution >= 4 is 5.91 Å². The molecule has 0 radical (unpaired) electrons. The number of nitrogens with two attached hydrogens (primary N) is 1. The number of carbonyl (C=O) groups excluding carboxylic acids is 1. The lowest BCUT2D eigenvalue weighted by atomic mass is 10.2. The maximum Gasteiger partial charge on any atom is 0.226 e. The molecule has 5 heteroatoms. The van der Waals surface area contributed by atoms with Crippen molar-refractivity contribution in [3.05, 3.63) is 41.8 Å². The summed E-state index contributed by atoms with van der Waals surface area (Å²) >= 11 is 0. The van der Waals surface area contributed by atoms with Gasteiger partial charge in [-0.2, -0.15) is 0 Å². The molecule has 0 fully saturated rings. The maximum absolute atomic E-state index is 11.8. The average Bonchev–Trinajstić information content (AvgIpc) is 2.86. The van der Waals surface area contributed by atoms with E-state index in [1.54, 1.807) is 0 Å². The van der Waals surface area contributed by atoms with Crippen molar-refractivity contribution in [1.82, 2.24) is 10.3 Å². The number of nitrogens with zero attached hydrogens (tertiary/aromatic N) is 1. The van der Waals surface area contributed by atoms with Crippen molar-refractivity contribution in [2.75, 3.05) is 13.1 Å². The van der Waals surface area contributed by atoms with Crippen molar-refractivity contribution in [3.63, 3.8) is 0 Å². The van der Waals surface area contributed by atoms with Gasteiger partial charge >= 0.3 is 0 Å². The van der Waals surface area contributed by atoms with E-state index < -0.39 is 0 Å². The zero-order chi connectivity index (χ0) is 15.1. The minimum atomic E-state index is -0.0389. The number of aryl methyl sites for hydroxylation is 1. The largest absolute Gasteiger partial charge is 0.441 e. The molecule has 21 heavy (non-hydrogen) atoms. The highest BCUT2D eigenvalue weighted by Crippen LogP contribution is 2.21. The van der Waals surface area contributed by atoms with Crippen LogP contribution in [0.5, 0.6) is 0 Å². The van der Waals surface area contributed by atoms with E-state index in [2.05, 4.69) is 10.3 Å². The molecule has 0 unspecified atom stereocenters. The van der Waals surface area contributed by atoms with Crippen LogP contribution in [0.4, 0.5) is 0 Å². The van der Waals surface area contributed by atoms with Crippen LogP contribution >= 0.6 is 0 Å². The fourth-order valence-corrected chi connectivity index (χ4v) is 2.01. The Labute approximate surface area is 124 Å². The van der Waals surface area contributed by atoms with Gasteiger partial charge in [-0.05, 0) is 38.4 Å². The van der Waals surface area contributed by atoms with Crippen LogP contribution in [0.3, 0.4) is 0 Å². The first-order valence-corrected chi connectivity index (χ1v) is 7.19. The molecule has 1 amide bonds. The number of amides is 1. The summed E-state index contributed by atoms with van der Waals surface area (Å²) in [7, 11) is 0. The van der Waals surface area contributed by atoms with Gasteiger partial charge in [-0.1, -0.05) is 18.2 Å². The van der Waals surface area contributed by atoms with E-state index in [1.807, 2.05) is 37.3 Å². The van der Waals surface area contributed by atoms with E-state index in [9.17, 15) is 4.79 Å². The minimum absolute atomic E-state index is 0.0389. The normalized spacial score (nSPS) is 10.6. The molecule has 0 atom stereocenters. The molecule has 0 saturated heterocycles. The average molecular weight is 287 g/mol. The SMILES string of the molecule is Cc1oc(-c2ccccc2)nc1CC(=O)NCCCCN. The first-order valence-electron chi connectivity index (χ1n) is 7.19. The Morgan fingerprint density at radius 2 is 2.05 bits per heavy atom. The molecule has 1 aromatic carbocycles. The van der Waals surface area contributed by atoms with Gasteiger partial charge in [0, 0.05) is 12.1 Å². The quantitative estimate of drug-likeness (QED) is 0.764. The monoisotopic (exact) mass is 287 g/mol. The van der Waals surface area contributed by atoms with Crippen molar-refractivity contribution < 1.29 is 9.21 Å². The van der Waals surface area contributed by atoms with Gasteiger partial charge in [-0.15, -0.1) is 0 Å². The number of carbonyl (C=O) groups is 1. The standard InChI is InChI=1S/C16H21N3O2/c1-12-14(11-15(20)18-10-6-5-9-17)19-16(21-12)13-7-3-2-4-8-13/h2-4,7-8H,5-6,9-11,17H2,1H3,(H,18,20). The van der Waals surface area contributed by atoms with Gasteiger partial charge in [-0.25, -0.2) is 4.98 Å². The number of hydrogen-bond donors (Lipinski definition) is 2. The second kappa shape index (κ2) is 7.59. The van der Waals surface area contributed by atoms with Gasteiger partial charge in [0.15, 0.2) is 0 Å². The highest BCUT2D eigenvalue weighted by atomic mass is 16.4. The first-order chi connectivity index (χ1) is 10.2. The van der Waals surface area contributed by atoms with Crippen LogP contribution in [0.1, 0.15) is 24.3 Å². The zero-order valence-corrected chi connectivity index (χ0v) is 12.3. The summed E-state index contributed by atoms with van der Waals surface area (Å²) in [5.41, 5.74) is 7.01. The number of rotatable bonds is 7. The maximum atomic E-state index is 11.8. The molecule has 1 heterocycles.